The molecule has 0 atom stereocenters. The van der Waals surface area contributed by atoms with E-state index in [4.69, 9.17) is 14.2 Å². The molecule has 1 aliphatic heterocycles. The summed E-state index contributed by atoms with van der Waals surface area (Å²) in [5, 5.41) is 0. The van der Waals surface area contributed by atoms with E-state index < -0.39 is 0 Å². The van der Waals surface area contributed by atoms with Crippen LogP contribution in [-0.4, -0.2) is 12.9 Å². The summed E-state index contributed by atoms with van der Waals surface area (Å²) in [6, 6.07) is 17.1. The summed E-state index contributed by atoms with van der Waals surface area (Å²) >= 11 is 0. The Morgan fingerprint density at radius 2 is 1.86 bits per heavy atom. The number of Topliss-reactive ketones (excluding diaryl/α,β-unsaturated/α-hetero) is 1. The van der Waals surface area contributed by atoms with Crippen molar-refractivity contribution in [1.82, 2.24) is 0 Å². The Kier molecular flexibility index (Phi) is 5.04. The molecule has 3 aromatic carbocycles. The van der Waals surface area contributed by atoms with Gasteiger partial charge in [0.15, 0.2) is 5.76 Å². The number of fused-ring (bicyclic) bond motifs is 1. The van der Waals surface area contributed by atoms with Crippen molar-refractivity contribution in [2.75, 3.05) is 7.11 Å². The van der Waals surface area contributed by atoms with Gasteiger partial charge in [-0.1, -0.05) is 30.3 Å². The van der Waals surface area contributed by atoms with E-state index in [-0.39, 0.29) is 17.4 Å². The van der Waals surface area contributed by atoms with Gasteiger partial charge in [-0.15, -0.1) is 0 Å². The topological polar surface area (TPSA) is 44.8 Å². The van der Waals surface area contributed by atoms with Crippen LogP contribution < -0.4 is 14.2 Å². The fourth-order valence-corrected chi connectivity index (χ4v) is 3.25. The maximum Gasteiger partial charge on any atom is 0.231 e. The summed E-state index contributed by atoms with van der Waals surface area (Å²) in [4.78, 5) is 12.7. The van der Waals surface area contributed by atoms with Crippen molar-refractivity contribution < 1.29 is 23.4 Å². The highest BCUT2D eigenvalue weighted by molar-refractivity contribution is 6.14. The number of carbonyl (C=O) groups is 1. The summed E-state index contributed by atoms with van der Waals surface area (Å²) in [5.41, 5.74) is 2.67. The summed E-state index contributed by atoms with van der Waals surface area (Å²) in [6.07, 6.45) is 1.54. The van der Waals surface area contributed by atoms with E-state index in [9.17, 15) is 9.18 Å². The molecule has 0 unspecified atom stereocenters. The number of hydrogen-bond acceptors (Lipinski definition) is 4. The number of halogens is 1. The SMILES string of the molecule is COc1ccccc1COc1ccc2c(c1C)O/C(=C\c1cccc(F)c1)C2=O. The molecule has 1 heterocycles. The van der Waals surface area contributed by atoms with Gasteiger partial charge in [0.2, 0.25) is 5.78 Å². The number of para-hydroxylation sites is 1. The van der Waals surface area contributed by atoms with E-state index in [0.29, 0.717) is 29.2 Å². The van der Waals surface area contributed by atoms with Gasteiger partial charge in [-0.25, -0.2) is 4.39 Å². The summed E-state index contributed by atoms with van der Waals surface area (Å²) < 4.78 is 30.5. The maximum absolute atomic E-state index is 13.4. The number of methoxy groups -OCH3 is 1. The van der Waals surface area contributed by atoms with Gasteiger partial charge >= 0.3 is 0 Å². The molecule has 0 radical (unpaired) electrons. The monoisotopic (exact) mass is 390 g/mol. The lowest BCUT2D eigenvalue weighted by Gasteiger charge is -2.13. The van der Waals surface area contributed by atoms with Gasteiger partial charge in [0.1, 0.15) is 29.7 Å². The minimum Gasteiger partial charge on any atom is -0.496 e. The van der Waals surface area contributed by atoms with E-state index in [1.54, 1.807) is 37.5 Å². The number of ether oxygens (including phenoxy) is 3. The molecule has 0 aromatic heterocycles. The zero-order valence-corrected chi connectivity index (χ0v) is 16.1. The van der Waals surface area contributed by atoms with Crippen LogP contribution in [0.1, 0.15) is 27.0 Å². The molecule has 0 amide bonds. The predicted octanol–water partition coefficient (Wildman–Crippen LogP) is 5.34. The average molecular weight is 390 g/mol. The second kappa shape index (κ2) is 7.80. The van der Waals surface area contributed by atoms with E-state index in [2.05, 4.69) is 0 Å². The van der Waals surface area contributed by atoms with Gasteiger partial charge in [-0.3, -0.25) is 4.79 Å². The zero-order valence-electron chi connectivity index (χ0n) is 16.1. The normalized spacial score (nSPS) is 13.9. The van der Waals surface area contributed by atoms with E-state index in [0.717, 1.165) is 16.9 Å². The summed E-state index contributed by atoms with van der Waals surface area (Å²) in [5.74, 6) is 1.40. The second-order valence-corrected chi connectivity index (χ2v) is 6.66. The Labute approximate surface area is 168 Å². The third-order valence-electron chi connectivity index (χ3n) is 4.76. The molecule has 146 valence electrons. The minimum atomic E-state index is -0.370. The first-order chi connectivity index (χ1) is 14.1. The molecular formula is C24H19FO4. The van der Waals surface area contributed by atoms with Gasteiger partial charge in [0.25, 0.3) is 0 Å². The van der Waals surface area contributed by atoms with Gasteiger partial charge in [-0.2, -0.15) is 0 Å². The molecule has 29 heavy (non-hydrogen) atoms. The van der Waals surface area contributed by atoms with Crippen LogP contribution >= 0.6 is 0 Å². The Morgan fingerprint density at radius 1 is 1.03 bits per heavy atom. The summed E-state index contributed by atoms with van der Waals surface area (Å²) in [6.45, 7) is 2.17. The van der Waals surface area contributed by atoms with Crippen LogP contribution in [0.2, 0.25) is 0 Å². The van der Waals surface area contributed by atoms with Crippen molar-refractivity contribution >= 4 is 11.9 Å². The Balaban J connectivity index is 1.58. The number of hydrogen-bond donors (Lipinski definition) is 0. The third-order valence-corrected chi connectivity index (χ3v) is 4.76. The second-order valence-electron chi connectivity index (χ2n) is 6.66. The lowest BCUT2D eigenvalue weighted by atomic mass is 10.1. The number of benzene rings is 3. The maximum atomic E-state index is 13.4. The molecule has 0 fully saturated rings. The highest BCUT2D eigenvalue weighted by atomic mass is 19.1. The number of ketones is 1. The largest absolute Gasteiger partial charge is 0.496 e. The zero-order chi connectivity index (χ0) is 20.4. The van der Waals surface area contributed by atoms with Crippen molar-refractivity contribution in [1.29, 1.82) is 0 Å². The molecular weight excluding hydrogens is 371 g/mol. The van der Waals surface area contributed by atoms with Crippen LogP contribution in [0.3, 0.4) is 0 Å². The molecule has 4 rings (SSSR count). The molecule has 0 aliphatic carbocycles. The van der Waals surface area contributed by atoms with Crippen LogP contribution in [0, 0.1) is 12.7 Å². The first kappa shape index (κ1) is 18.7. The molecule has 5 heteroatoms. The number of carbonyl (C=O) groups excluding carboxylic acids is 1. The minimum absolute atomic E-state index is 0.163. The lowest BCUT2D eigenvalue weighted by molar-refractivity contribution is 0.101. The Bertz CT molecular complexity index is 1120. The van der Waals surface area contributed by atoms with Crippen molar-refractivity contribution in [3.63, 3.8) is 0 Å². The highest BCUT2D eigenvalue weighted by Crippen LogP contribution is 2.39. The Morgan fingerprint density at radius 3 is 2.66 bits per heavy atom. The fraction of sp³-hybridized carbons (Fsp3) is 0.125. The standard InChI is InChI=1S/C24H19FO4/c1-15-20(28-14-17-7-3-4-9-21(17)27-2)11-10-19-23(26)22(29-24(15)19)13-16-6-5-8-18(25)12-16/h3-13H,14H2,1-2H3/b22-13-. The average Bonchev–Trinajstić information content (AvgIpc) is 3.04. The lowest BCUT2D eigenvalue weighted by Crippen LogP contribution is -2.00. The molecule has 0 spiro atoms. The van der Waals surface area contributed by atoms with Gasteiger partial charge in [0, 0.05) is 11.1 Å². The first-order valence-corrected chi connectivity index (χ1v) is 9.15. The summed E-state index contributed by atoms with van der Waals surface area (Å²) in [7, 11) is 1.62. The molecule has 0 saturated carbocycles. The smallest absolute Gasteiger partial charge is 0.231 e. The van der Waals surface area contributed by atoms with Gasteiger partial charge in [0.05, 0.1) is 12.7 Å². The van der Waals surface area contributed by atoms with Gasteiger partial charge in [-0.05, 0) is 48.9 Å². The van der Waals surface area contributed by atoms with E-state index in [1.165, 1.54) is 12.1 Å². The number of allylic oxidation sites excluding steroid dienone is 1. The van der Waals surface area contributed by atoms with Crippen molar-refractivity contribution in [2.24, 2.45) is 0 Å². The van der Waals surface area contributed by atoms with E-state index in [1.807, 2.05) is 31.2 Å². The quantitative estimate of drug-likeness (QED) is 0.552. The molecule has 0 saturated heterocycles. The predicted molar refractivity (Wildman–Crippen MR) is 108 cm³/mol. The number of rotatable bonds is 5. The first-order valence-electron chi connectivity index (χ1n) is 9.15. The van der Waals surface area contributed by atoms with Crippen LogP contribution in [0.15, 0.2) is 66.4 Å². The third kappa shape index (κ3) is 3.72. The van der Waals surface area contributed by atoms with Crippen molar-refractivity contribution in [3.8, 4) is 17.2 Å². The van der Waals surface area contributed by atoms with Gasteiger partial charge < -0.3 is 14.2 Å². The molecule has 4 nitrogen and oxygen atoms in total. The highest BCUT2D eigenvalue weighted by Gasteiger charge is 2.30. The van der Waals surface area contributed by atoms with Crippen LogP contribution in [0.4, 0.5) is 4.39 Å². The Hall–Kier alpha value is -3.60. The van der Waals surface area contributed by atoms with Crippen LogP contribution in [0.5, 0.6) is 17.2 Å². The molecule has 0 bridgehead atoms. The van der Waals surface area contributed by atoms with Crippen molar-refractivity contribution in [2.45, 2.75) is 13.5 Å². The van der Waals surface area contributed by atoms with Crippen LogP contribution in [0.25, 0.3) is 6.08 Å². The van der Waals surface area contributed by atoms with E-state index >= 15 is 0 Å². The molecule has 0 N–H and O–H groups in total. The fourth-order valence-electron chi connectivity index (χ4n) is 3.25. The van der Waals surface area contributed by atoms with Crippen LogP contribution in [-0.2, 0) is 6.61 Å². The molecule has 3 aromatic rings. The van der Waals surface area contributed by atoms with Crippen molar-refractivity contribution in [3.05, 3.63) is 94.5 Å². The molecule has 1 aliphatic rings.